The number of allylic oxidation sites excluding steroid dienone is 1. The lowest BCUT2D eigenvalue weighted by Gasteiger charge is -2.28. The molecule has 0 radical (unpaired) electrons. The summed E-state index contributed by atoms with van der Waals surface area (Å²) in [5.41, 5.74) is 3.06. The molecule has 2 rings (SSSR count). The Morgan fingerprint density at radius 2 is 1.85 bits per heavy atom. The molecule has 1 aromatic carbocycles. The highest BCUT2D eigenvalue weighted by molar-refractivity contribution is 5.99. The third-order valence-electron chi connectivity index (χ3n) is 3.83. The molecule has 0 aliphatic carbocycles. The van der Waals surface area contributed by atoms with E-state index in [9.17, 15) is 14.4 Å². The molecule has 0 spiro atoms. The van der Waals surface area contributed by atoms with Gasteiger partial charge in [-0.3, -0.25) is 9.59 Å². The van der Waals surface area contributed by atoms with Crippen molar-refractivity contribution in [2.75, 3.05) is 0 Å². The van der Waals surface area contributed by atoms with Crippen LogP contribution < -0.4 is 0 Å². The molecule has 6 heteroatoms. The average molecular weight is 362 g/mol. The van der Waals surface area contributed by atoms with Gasteiger partial charge in [0, 0.05) is 18.9 Å². The van der Waals surface area contributed by atoms with E-state index in [1.165, 1.54) is 16.7 Å². The third kappa shape index (κ3) is 7.51. The second kappa shape index (κ2) is 9.17. The summed E-state index contributed by atoms with van der Waals surface area (Å²) in [5.74, 6) is -2.38. The Bertz CT molecular complexity index is 715. The van der Waals surface area contributed by atoms with Crippen LogP contribution in [0.2, 0.25) is 0 Å². The van der Waals surface area contributed by atoms with Crippen LogP contribution in [0.4, 0.5) is 0 Å². The molecule has 26 heavy (non-hydrogen) atoms. The third-order valence-corrected chi connectivity index (χ3v) is 3.83. The molecule has 142 valence electrons. The van der Waals surface area contributed by atoms with Gasteiger partial charge in [0.05, 0.1) is 0 Å². The largest absolute Gasteiger partial charge is 0.481 e. The van der Waals surface area contributed by atoms with E-state index in [0.29, 0.717) is 0 Å². The molecule has 0 amide bonds. The van der Waals surface area contributed by atoms with Crippen LogP contribution in [0.3, 0.4) is 0 Å². The fourth-order valence-electron chi connectivity index (χ4n) is 2.59. The number of carbonyl (C=O) groups excluding carboxylic acids is 1. The minimum absolute atomic E-state index is 0.205. The van der Waals surface area contributed by atoms with Crippen molar-refractivity contribution >= 4 is 17.7 Å². The summed E-state index contributed by atoms with van der Waals surface area (Å²) >= 11 is 0. The number of ketones is 1. The van der Waals surface area contributed by atoms with Crippen LogP contribution in [0.5, 0.6) is 0 Å². The maximum atomic E-state index is 11.0. The number of rotatable bonds is 5. The van der Waals surface area contributed by atoms with Gasteiger partial charge >= 0.3 is 11.9 Å². The van der Waals surface area contributed by atoms with E-state index in [1.54, 1.807) is 13.8 Å². The second-order valence-electron chi connectivity index (χ2n) is 7.00. The Balaban J connectivity index is 0.000000263. The van der Waals surface area contributed by atoms with E-state index < -0.39 is 17.5 Å². The van der Waals surface area contributed by atoms with Crippen molar-refractivity contribution in [1.82, 2.24) is 0 Å². The Hall–Kier alpha value is -2.63. The number of aliphatic carboxylic acids is 2. The smallest absolute Gasteiger partial charge is 0.371 e. The SMILES string of the molecule is CC1(C)CC(=O)C=C(C(=O)O)O1.Cc1ccc(C)c(CCCC(=O)O)c1. The number of carbonyl (C=O) groups is 3. The van der Waals surface area contributed by atoms with Gasteiger partial charge in [0.2, 0.25) is 5.76 Å². The molecule has 0 saturated carbocycles. The second-order valence-corrected chi connectivity index (χ2v) is 7.00. The minimum Gasteiger partial charge on any atom is -0.481 e. The molecule has 0 saturated heterocycles. The van der Waals surface area contributed by atoms with Gasteiger partial charge in [-0.25, -0.2) is 4.79 Å². The molecule has 0 aromatic heterocycles. The zero-order chi connectivity index (χ0) is 19.9. The monoisotopic (exact) mass is 362 g/mol. The first-order chi connectivity index (χ1) is 12.0. The lowest BCUT2D eigenvalue weighted by atomic mass is 9.98. The molecule has 1 heterocycles. The highest BCUT2D eigenvalue weighted by Gasteiger charge is 2.31. The number of benzene rings is 1. The van der Waals surface area contributed by atoms with E-state index in [-0.39, 0.29) is 24.4 Å². The summed E-state index contributed by atoms with van der Waals surface area (Å²) in [6.07, 6.45) is 3.09. The first-order valence-corrected chi connectivity index (χ1v) is 8.45. The molecule has 0 atom stereocenters. The van der Waals surface area contributed by atoms with Crippen LogP contribution in [0, 0.1) is 13.8 Å². The summed E-state index contributed by atoms with van der Waals surface area (Å²) in [4.78, 5) is 31.8. The van der Waals surface area contributed by atoms with Crippen LogP contribution in [0.15, 0.2) is 30.0 Å². The van der Waals surface area contributed by atoms with Crippen molar-refractivity contribution in [3.05, 3.63) is 46.7 Å². The van der Waals surface area contributed by atoms with Gasteiger partial charge in [-0.05, 0) is 51.7 Å². The molecule has 2 N–H and O–H groups in total. The Morgan fingerprint density at radius 3 is 2.38 bits per heavy atom. The van der Waals surface area contributed by atoms with Gasteiger partial charge in [-0.1, -0.05) is 23.8 Å². The minimum atomic E-state index is -1.20. The molecular formula is C20H26O6. The Labute approximate surface area is 153 Å². The highest BCUT2D eigenvalue weighted by Crippen LogP contribution is 2.24. The maximum absolute atomic E-state index is 11.0. The number of hydrogen-bond donors (Lipinski definition) is 2. The summed E-state index contributed by atoms with van der Waals surface area (Å²) in [6, 6.07) is 6.30. The summed E-state index contributed by atoms with van der Waals surface area (Å²) in [7, 11) is 0. The van der Waals surface area contributed by atoms with Crippen molar-refractivity contribution in [2.45, 2.75) is 59.0 Å². The molecule has 6 nitrogen and oxygen atoms in total. The predicted molar refractivity (Wildman–Crippen MR) is 97.0 cm³/mol. The number of carboxylic acid groups (broad SMARTS) is 2. The van der Waals surface area contributed by atoms with Crippen molar-refractivity contribution in [1.29, 1.82) is 0 Å². The number of aryl methyl sites for hydroxylation is 3. The lowest BCUT2D eigenvalue weighted by molar-refractivity contribution is -0.143. The predicted octanol–water partition coefficient (Wildman–Crippen LogP) is 3.43. The zero-order valence-corrected chi connectivity index (χ0v) is 15.7. The fraction of sp³-hybridized carbons (Fsp3) is 0.450. The van der Waals surface area contributed by atoms with E-state index >= 15 is 0 Å². The number of carboxylic acids is 2. The number of hydrogen-bond acceptors (Lipinski definition) is 4. The van der Waals surface area contributed by atoms with E-state index in [2.05, 4.69) is 32.0 Å². The lowest BCUT2D eigenvalue weighted by Crippen LogP contribution is -2.33. The topological polar surface area (TPSA) is 101 Å². The Morgan fingerprint density at radius 1 is 1.19 bits per heavy atom. The molecule has 1 aliphatic heterocycles. The first kappa shape index (κ1) is 21.4. The maximum Gasteiger partial charge on any atom is 0.371 e. The van der Waals surface area contributed by atoms with Gasteiger partial charge in [-0.2, -0.15) is 0 Å². The number of ether oxygens (including phenoxy) is 1. The van der Waals surface area contributed by atoms with Crippen molar-refractivity contribution in [2.24, 2.45) is 0 Å². The van der Waals surface area contributed by atoms with E-state index in [0.717, 1.165) is 18.9 Å². The van der Waals surface area contributed by atoms with Crippen LogP contribution in [-0.4, -0.2) is 33.5 Å². The zero-order valence-electron chi connectivity index (χ0n) is 15.7. The van der Waals surface area contributed by atoms with Crippen LogP contribution in [0.25, 0.3) is 0 Å². The molecule has 0 fully saturated rings. The summed E-state index contributed by atoms with van der Waals surface area (Å²) in [6.45, 7) is 7.48. The van der Waals surface area contributed by atoms with Crippen LogP contribution in [0.1, 0.15) is 49.8 Å². The van der Waals surface area contributed by atoms with Gasteiger partial charge < -0.3 is 14.9 Å². The Kier molecular flexibility index (Phi) is 7.56. The molecule has 0 bridgehead atoms. The first-order valence-electron chi connectivity index (χ1n) is 8.45. The van der Waals surface area contributed by atoms with Crippen molar-refractivity contribution in [3.8, 4) is 0 Å². The summed E-state index contributed by atoms with van der Waals surface area (Å²) < 4.78 is 5.05. The van der Waals surface area contributed by atoms with Gasteiger partial charge in [0.25, 0.3) is 0 Å². The van der Waals surface area contributed by atoms with Gasteiger partial charge in [-0.15, -0.1) is 0 Å². The molecule has 0 unspecified atom stereocenters. The van der Waals surface area contributed by atoms with E-state index in [1.807, 2.05) is 0 Å². The van der Waals surface area contributed by atoms with Gasteiger partial charge in [0.15, 0.2) is 5.78 Å². The standard InChI is InChI=1S/C12H16O2.C8H10O4/c1-9-6-7-10(2)11(8-9)4-3-5-12(13)14;1-8(2)4-5(9)3-6(12-8)7(10)11/h6-8H,3-5H2,1-2H3,(H,13,14);3H,4H2,1-2H3,(H,10,11). The molecule has 1 aliphatic rings. The van der Waals surface area contributed by atoms with Gasteiger partial charge in [0.1, 0.15) is 5.60 Å². The van der Waals surface area contributed by atoms with E-state index in [4.69, 9.17) is 14.9 Å². The highest BCUT2D eigenvalue weighted by atomic mass is 16.5. The van der Waals surface area contributed by atoms with Crippen molar-refractivity contribution in [3.63, 3.8) is 0 Å². The summed E-state index contributed by atoms with van der Waals surface area (Å²) in [5, 5.41) is 17.1. The normalized spacial score (nSPS) is 15.2. The average Bonchev–Trinajstić information content (AvgIpc) is 2.49. The fourth-order valence-corrected chi connectivity index (χ4v) is 2.59. The molecular weight excluding hydrogens is 336 g/mol. The van der Waals surface area contributed by atoms with Crippen molar-refractivity contribution < 1.29 is 29.3 Å². The van der Waals surface area contributed by atoms with Crippen LogP contribution >= 0.6 is 0 Å². The van der Waals surface area contributed by atoms with Crippen LogP contribution in [-0.2, 0) is 25.5 Å². The molecule has 1 aromatic rings. The quantitative estimate of drug-likeness (QED) is 0.832.